The monoisotopic (exact) mass is 417 g/mol. The highest BCUT2D eigenvalue weighted by atomic mass is 16.5. The van der Waals surface area contributed by atoms with E-state index in [1.807, 2.05) is 26.8 Å². The van der Waals surface area contributed by atoms with Gasteiger partial charge < -0.3 is 24.6 Å². The maximum atomic E-state index is 11.1. The molecule has 0 aromatic heterocycles. The summed E-state index contributed by atoms with van der Waals surface area (Å²) in [6.45, 7) is 9.24. The normalized spacial score (nSPS) is 9.73. The number of hydrogen-bond donors (Lipinski definition) is 2. The Morgan fingerprint density at radius 1 is 0.867 bits per heavy atom. The molecule has 0 fully saturated rings. The molecule has 0 aliphatic heterocycles. The molecular formula is C22H27NO7. The van der Waals surface area contributed by atoms with Crippen molar-refractivity contribution in [2.45, 2.75) is 27.7 Å². The van der Waals surface area contributed by atoms with Crippen molar-refractivity contribution in [2.24, 2.45) is 0 Å². The van der Waals surface area contributed by atoms with Gasteiger partial charge in [0.1, 0.15) is 16.9 Å². The Morgan fingerprint density at radius 3 is 1.93 bits per heavy atom. The van der Waals surface area contributed by atoms with E-state index in [1.54, 1.807) is 24.3 Å². The van der Waals surface area contributed by atoms with Crippen LogP contribution >= 0.6 is 0 Å². The summed E-state index contributed by atoms with van der Waals surface area (Å²) in [6.07, 6.45) is 0. The first-order chi connectivity index (χ1) is 14.3. The van der Waals surface area contributed by atoms with Gasteiger partial charge in [-0.3, -0.25) is 4.79 Å². The summed E-state index contributed by atoms with van der Waals surface area (Å²) in [5.41, 5.74) is 1.05. The van der Waals surface area contributed by atoms with Crippen molar-refractivity contribution in [3.63, 3.8) is 0 Å². The highest BCUT2D eigenvalue weighted by Gasteiger charge is 2.17. The Kier molecular flexibility index (Phi) is 9.88. The lowest BCUT2D eigenvalue weighted by Gasteiger charge is -2.24. The van der Waals surface area contributed by atoms with Gasteiger partial charge in [-0.1, -0.05) is 18.2 Å². The zero-order valence-corrected chi connectivity index (χ0v) is 17.5. The van der Waals surface area contributed by atoms with Crippen molar-refractivity contribution < 1.29 is 34.1 Å². The predicted octanol–water partition coefficient (Wildman–Crippen LogP) is 3.94. The van der Waals surface area contributed by atoms with Gasteiger partial charge in [0.25, 0.3) is 0 Å². The van der Waals surface area contributed by atoms with Gasteiger partial charge in [0.15, 0.2) is 5.75 Å². The van der Waals surface area contributed by atoms with Crippen molar-refractivity contribution in [3.05, 3.63) is 53.6 Å². The number of carboxylic acid groups (broad SMARTS) is 2. The van der Waals surface area contributed by atoms with E-state index in [0.29, 0.717) is 12.4 Å². The average molecular weight is 417 g/mol. The van der Waals surface area contributed by atoms with Gasteiger partial charge in [0.05, 0.1) is 12.3 Å². The maximum Gasteiger partial charge on any atom is 0.339 e. The Hall–Kier alpha value is -3.55. The van der Waals surface area contributed by atoms with Crippen molar-refractivity contribution in [1.82, 2.24) is 0 Å². The highest BCUT2D eigenvalue weighted by Crippen LogP contribution is 2.32. The first-order valence-electron chi connectivity index (χ1n) is 9.51. The van der Waals surface area contributed by atoms with Gasteiger partial charge in [-0.05, 0) is 45.0 Å². The fourth-order valence-corrected chi connectivity index (χ4v) is 2.69. The number of hydrogen-bond acceptors (Lipinski definition) is 6. The first-order valence-corrected chi connectivity index (χ1v) is 9.51. The summed E-state index contributed by atoms with van der Waals surface area (Å²) in [4.78, 5) is 34.4. The second kappa shape index (κ2) is 12.1. The van der Waals surface area contributed by atoms with Crippen LogP contribution in [0.4, 0.5) is 5.69 Å². The van der Waals surface area contributed by atoms with E-state index in [4.69, 9.17) is 14.9 Å². The minimum atomic E-state index is -1.11. The molecule has 0 unspecified atom stereocenters. The van der Waals surface area contributed by atoms with Gasteiger partial charge in [-0.2, -0.15) is 0 Å². The van der Waals surface area contributed by atoms with E-state index in [-0.39, 0.29) is 16.9 Å². The largest absolute Gasteiger partial charge is 0.491 e. The third-order valence-electron chi connectivity index (χ3n) is 3.99. The molecule has 30 heavy (non-hydrogen) atoms. The second-order valence-corrected chi connectivity index (χ2v) is 5.96. The zero-order valence-electron chi connectivity index (χ0n) is 17.5. The van der Waals surface area contributed by atoms with Gasteiger partial charge in [0.2, 0.25) is 0 Å². The summed E-state index contributed by atoms with van der Waals surface area (Å²) in [5, 5.41) is 17.8. The first kappa shape index (κ1) is 24.5. The van der Waals surface area contributed by atoms with Gasteiger partial charge in [0, 0.05) is 20.0 Å². The highest BCUT2D eigenvalue weighted by molar-refractivity contribution is 5.93. The molecule has 2 N–H and O–H groups in total. The van der Waals surface area contributed by atoms with Crippen LogP contribution in [0.1, 0.15) is 48.4 Å². The van der Waals surface area contributed by atoms with Crippen LogP contribution in [-0.2, 0) is 4.79 Å². The number of aromatic carboxylic acids is 2. The number of carbonyl (C=O) groups excluding carboxylic acids is 1. The molecule has 8 heteroatoms. The Labute approximate surface area is 175 Å². The molecule has 0 amide bonds. The minimum Gasteiger partial charge on any atom is -0.491 e. The molecule has 8 nitrogen and oxygen atoms in total. The molecule has 0 radical (unpaired) electrons. The number of benzene rings is 2. The Morgan fingerprint density at radius 2 is 1.43 bits per heavy atom. The van der Waals surface area contributed by atoms with E-state index in [1.165, 1.54) is 19.1 Å². The Bertz CT molecular complexity index is 876. The third-order valence-corrected chi connectivity index (χ3v) is 3.99. The van der Waals surface area contributed by atoms with E-state index in [9.17, 15) is 14.4 Å². The molecule has 0 aliphatic rings. The minimum absolute atomic E-state index is 0.0160. The number of rotatable bonds is 8. The lowest BCUT2D eigenvalue weighted by atomic mass is 10.1. The van der Waals surface area contributed by atoms with Crippen LogP contribution in [0.2, 0.25) is 0 Å². The van der Waals surface area contributed by atoms with E-state index in [0.717, 1.165) is 18.8 Å². The summed E-state index contributed by atoms with van der Waals surface area (Å²) in [6, 6.07) is 11.2. The molecule has 0 heterocycles. The standard InChI is InChI=1S/C13H19NO3.C9H8O4/c1-4-14(5-2)11-9-7-8-10(13(15)16)12(11)17-6-3;1-6(10)13-8-5-3-2-4-7(8)9(11)12/h7-9H,4-6H2,1-3H3,(H,15,16);2-5H,1H3,(H,11,12). The smallest absolute Gasteiger partial charge is 0.339 e. The summed E-state index contributed by atoms with van der Waals surface area (Å²) < 4.78 is 10.2. The molecule has 0 bridgehead atoms. The molecule has 2 rings (SSSR count). The Balaban J connectivity index is 0.000000311. The lowest BCUT2D eigenvalue weighted by molar-refractivity contribution is -0.131. The van der Waals surface area contributed by atoms with Crippen LogP contribution in [0.3, 0.4) is 0 Å². The van der Waals surface area contributed by atoms with Crippen LogP contribution in [0, 0.1) is 0 Å². The van der Waals surface area contributed by atoms with Gasteiger partial charge in [-0.25, -0.2) is 9.59 Å². The molecule has 0 atom stereocenters. The summed E-state index contributed by atoms with van der Waals surface area (Å²) in [7, 11) is 0. The molecule has 0 spiro atoms. The topological polar surface area (TPSA) is 113 Å². The number of para-hydroxylation sites is 2. The van der Waals surface area contributed by atoms with Gasteiger partial charge in [-0.15, -0.1) is 0 Å². The van der Waals surface area contributed by atoms with Crippen molar-refractivity contribution in [2.75, 3.05) is 24.6 Å². The lowest BCUT2D eigenvalue weighted by Crippen LogP contribution is -2.23. The second-order valence-electron chi connectivity index (χ2n) is 5.96. The van der Waals surface area contributed by atoms with E-state index < -0.39 is 17.9 Å². The average Bonchev–Trinajstić information content (AvgIpc) is 2.70. The number of carboxylic acids is 2. The molecule has 0 saturated carbocycles. The fraction of sp³-hybridized carbons (Fsp3) is 0.318. The van der Waals surface area contributed by atoms with Crippen LogP contribution in [0.5, 0.6) is 11.5 Å². The molecule has 0 aliphatic carbocycles. The number of carbonyl (C=O) groups is 3. The molecule has 162 valence electrons. The van der Waals surface area contributed by atoms with E-state index >= 15 is 0 Å². The molecule has 0 saturated heterocycles. The van der Waals surface area contributed by atoms with Crippen LogP contribution in [0.25, 0.3) is 0 Å². The number of ether oxygens (including phenoxy) is 2. The van der Waals surface area contributed by atoms with Gasteiger partial charge >= 0.3 is 17.9 Å². The zero-order chi connectivity index (χ0) is 22.7. The SMILES string of the molecule is CC(=O)Oc1ccccc1C(=O)O.CCOc1c(C(=O)O)cccc1N(CC)CC. The third kappa shape index (κ3) is 6.80. The number of esters is 1. The fourth-order valence-electron chi connectivity index (χ4n) is 2.69. The van der Waals surface area contributed by atoms with Crippen molar-refractivity contribution >= 4 is 23.6 Å². The van der Waals surface area contributed by atoms with Crippen LogP contribution < -0.4 is 14.4 Å². The molecule has 2 aromatic carbocycles. The maximum absolute atomic E-state index is 11.1. The van der Waals surface area contributed by atoms with E-state index in [2.05, 4.69) is 9.64 Å². The number of nitrogens with zero attached hydrogens (tertiary/aromatic N) is 1. The molecular weight excluding hydrogens is 390 g/mol. The summed E-state index contributed by atoms with van der Waals surface area (Å²) in [5.74, 6) is -2.07. The van der Waals surface area contributed by atoms with Crippen molar-refractivity contribution in [3.8, 4) is 11.5 Å². The van der Waals surface area contributed by atoms with Crippen molar-refractivity contribution in [1.29, 1.82) is 0 Å². The quantitative estimate of drug-likeness (QED) is 0.490. The summed E-state index contributed by atoms with van der Waals surface area (Å²) >= 11 is 0. The number of anilines is 1. The molecule has 2 aromatic rings. The van der Waals surface area contributed by atoms with Crippen LogP contribution in [-0.4, -0.2) is 47.8 Å². The predicted molar refractivity (Wildman–Crippen MR) is 113 cm³/mol. The van der Waals surface area contributed by atoms with Crippen LogP contribution in [0.15, 0.2) is 42.5 Å².